The highest BCUT2D eigenvalue weighted by Gasteiger charge is 2.01. The summed E-state index contributed by atoms with van der Waals surface area (Å²) in [6.45, 7) is 0. The normalized spacial score (nSPS) is 10.1. The molecule has 0 atom stereocenters. The molecule has 0 aliphatic rings. The second kappa shape index (κ2) is 3.28. The molecule has 0 unspecified atom stereocenters. The lowest BCUT2D eigenvalue weighted by atomic mass is 10.4. The molecule has 0 fully saturated rings. The van der Waals surface area contributed by atoms with E-state index in [2.05, 4.69) is 31.1 Å². The van der Waals surface area contributed by atoms with E-state index in [1.54, 1.807) is 5.51 Å². The van der Waals surface area contributed by atoms with Crippen molar-refractivity contribution in [3.63, 3.8) is 0 Å². The van der Waals surface area contributed by atoms with E-state index in [1.807, 2.05) is 18.2 Å². The highest BCUT2D eigenvalue weighted by Crippen LogP contribution is 2.19. The van der Waals surface area contributed by atoms with Crippen LogP contribution in [0.15, 0.2) is 28.3 Å². The Morgan fingerprint density at radius 1 is 1.33 bits per heavy atom. The van der Waals surface area contributed by atoms with E-state index < -0.39 is 0 Å². The summed E-state index contributed by atoms with van der Waals surface area (Å²) in [5.41, 5.74) is 2.55. The van der Waals surface area contributed by atoms with Gasteiger partial charge in [0.1, 0.15) is 15.8 Å². The van der Waals surface area contributed by atoms with Crippen molar-refractivity contribution in [1.29, 1.82) is 0 Å². The molecule has 0 radical (unpaired) electrons. The average Bonchev–Trinajstić information content (AvgIpc) is 2.56. The average molecular weight is 242 g/mol. The zero-order valence-corrected chi connectivity index (χ0v) is 8.34. The largest absolute Gasteiger partial charge is 0.238 e. The molecule has 0 aliphatic heterocycles. The van der Waals surface area contributed by atoms with Crippen molar-refractivity contribution in [3.05, 3.63) is 28.3 Å². The predicted octanol–water partition coefficient (Wildman–Crippen LogP) is 2.36. The van der Waals surface area contributed by atoms with Gasteiger partial charge < -0.3 is 0 Å². The summed E-state index contributed by atoms with van der Waals surface area (Å²) in [6.07, 6.45) is 0. The van der Waals surface area contributed by atoms with Crippen molar-refractivity contribution in [2.75, 3.05) is 0 Å². The Balaban J connectivity index is 2.48. The minimum absolute atomic E-state index is 0.815. The van der Waals surface area contributed by atoms with Crippen molar-refractivity contribution in [3.8, 4) is 10.7 Å². The van der Waals surface area contributed by atoms with Gasteiger partial charge in [-0.1, -0.05) is 17.4 Å². The molecule has 5 heteroatoms. The first-order valence-electron chi connectivity index (χ1n) is 3.25. The van der Waals surface area contributed by atoms with Gasteiger partial charge in [0, 0.05) is 0 Å². The molecule has 0 aliphatic carbocycles. The van der Waals surface area contributed by atoms with Crippen molar-refractivity contribution < 1.29 is 0 Å². The van der Waals surface area contributed by atoms with Crippen LogP contribution in [0, 0.1) is 0 Å². The summed E-state index contributed by atoms with van der Waals surface area (Å²) in [5, 5.41) is 8.50. The van der Waals surface area contributed by atoms with Crippen LogP contribution in [0.1, 0.15) is 0 Å². The minimum Gasteiger partial charge on any atom is -0.238 e. The van der Waals surface area contributed by atoms with Crippen LogP contribution in [0.25, 0.3) is 10.7 Å². The molecule has 2 aromatic heterocycles. The van der Waals surface area contributed by atoms with Gasteiger partial charge in [-0.3, -0.25) is 0 Å². The van der Waals surface area contributed by atoms with Gasteiger partial charge in [-0.2, -0.15) is 0 Å². The summed E-state index contributed by atoms with van der Waals surface area (Å²) in [7, 11) is 0. The van der Waals surface area contributed by atoms with Gasteiger partial charge in [0.05, 0.1) is 0 Å². The first kappa shape index (κ1) is 7.82. The molecule has 0 bridgehead atoms. The monoisotopic (exact) mass is 241 g/mol. The van der Waals surface area contributed by atoms with E-state index in [1.165, 1.54) is 11.3 Å². The van der Waals surface area contributed by atoms with E-state index in [0.29, 0.717) is 0 Å². The lowest BCUT2D eigenvalue weighted by molar-refractivity contribution is 1.08. The molecule has 0 aromatic carbocycles. The van der Waals surface area contributed by atoms with Crippen molar-refractivity contribution in [2.45, 2.75) is 0 Å². The highest BCUT2D eigenvalue weighted by molar-refractivity contribution is 9.10. The van der Waals surface area contributed by atoms with Gasteiger partial charge >= 0.3 is 0 Å². The van der Waals surface area contributed by atoms with Crippen LogP contribution in [0.3, 0.4) is 0 Å². The van der Waals surface area contributed by atoms with Crippen LogP contribution < -0.4 is 0 Å². The van der Waals surface area contributed by atoms with Crippen molar-refractivity contribution >= 4 is 27.3 Å². The lowest BCUT2D eigenvalue weighted by Crippen LogP contribution is -1.82. The molecule has 3 nitrogen and oxygen atoms in total. The van der Waals surface area contributed by atoms with E-state index in [9.17, 15) is 0 Å². The Morgan fingerprint density at radius 3 is 2.92 bits per heavy atom. The highest BCUT2D eigenvalue weighted by atomic mass is 79.9. The lowest BCUT2D eigenvalue weighted by Gasteiger charge is -1.93. The van der Waals surface area contributed by atoms with E-state index in [0.717, 1.165) is 15.3 Å². The molecule has 0 spiro atoms. The number of halogens is 1. The maximum absolute atomic E-state index is 4.24. The third-order valence-electron chi connectivity index (χ3n) is 1.29. The van der Waals surface area contributed by atoms with E-state index >= 15 is 0 Å². The molecule has 0 N–H and O–H groups in total. The van der Waals surface area contributed by atoms with Crippen molar-refractivity contribution in [1.82, 2.24) is 15.2 Å². The van der Waals surface area contributed by atoms with E-state index in [4.69, 9.17) is 0 Å². The van der Waals surface area contributed by atoms with Gasteiger partial charge in [0.15, 0.2) is 5.01 Å². The van der Waals surface area contributed by atoms with Gasteiger partial charge in [-0.15, -0.1) is 10.2 Å². The molecule has 60 valence electrons. The Kier molecular flexibility index (Phi) is 2.14. The first-order valence-corrected chi connectivity index (χ1v) is 4.92. The number of hydrogen-bond donors (Lipinski definition) is 0. The Hall–Kier alpha value is -0.810. The van der Waals surface area contributed by atoms with Gasteiger partial charge in [0.25, 0.3) is 0 Å². The first-order chi connectivity index (χ1) is 5.86. The fourth-order valence-corrected chi connectivity index (χ4v) is 1.68. The van der Waals surface area contributed by atoms with Crippen LogP contribution >= 0.6 is 27.3 Å². The summed E-state index contributed by atoms with van der Waals surface area (Å²) >= 11 is 4.77. The fourth-order valence-electron chi connectivity index (χ4n) is 0.812. The van der Waals surface area contributed by atoms with Crippen LogP contribution in [0.2, 0.25) is 0 Å². The zero-order valence-electron chi connectivity index (χ0n) is 5.94. The van der Waals surface area contributed by atoms with Crippen LogP contribution in [-0.4, -0.2) is 15.2 Å². The van der Waals surface area contributed by atoms with Crippen LogP contribution in [-0.2, 0) is 0 Å². The molecule has 2 aromatic rings. The SMILES string of the molecule is Brc1cccc(-c2nncs2)n1. The molecule has 2 rings (SSSR count). The second-order valence-electron chi connectivity index (χ2n) is 2.09. The Morgan fingerprint density at radius 2 is 2.25 bits per heavy atom. The Bertz CT molecular complexity index is 374. The minimum atomic E-state index is 0.815. The van der Waals surface area contributed by atoms with Gasteiger partial charge in [0.2, 0.25) is 0 Å². The van der Waals surface area contributed by atoms with E-state index in [-0.39, 0.29) is 0 Å². The molecule has 2 heterocycles. The molecular weight excluding hydrogens is 238 g/mol. The fraction of sp³-hybridized carbons (Fsp3) is 0. The van der Waals surface area contributed by atoms with Crippen LogP contribution in [0.5, 0.6) is 0 Å². The number of rotatable bonds is 1. The molecule has 0 saturated carbocycles. The second-order valence-corrected chi connectivity index (χ2v) is 3.74. The summed E-state index contributed by atoms with van der Waals surface area (Å²) in [6, 6.07) is 5.71. The smallest absolute Gasteiger partial charge is 0.166 e. The number of hydrogen-bond acceptors (Lipinski definition) is 4. The summed E-state index contributed by atoms with van der Waals surface area (Å²) in [5.74, 6) is 0. The van der Waals surface area contributed by atoms with Crippen LogP contribution in [0.4, 0.5) is 0 Å². The molecular formula is C7H4BrN3S. The third-order valence-corrected chi connectivity index (χ3v) is 2.45. The topological polar surface area (TPSA) is 38.7 Å². The van der Waals surface area contributed by atoms with Gasteiger partial charge in [-0.05, 0) is 28.1 Å². The quantitative estimate of drug-likeness (QED) is 0.720. The summed E-state index contributed by atoms with van der Waals surface area (Å²) < 4.78 is 0.815. The standard InChI is InChI=1S/C7H4BrN3S/c8-6-3-1-2-5(10-6)7-11-9-4-12-7/h1-4H. The zero-order chi connectivity index (χ0) is 8.39. The summed E-state index contributed by atoms with van der Waals surface area (Å²) in [4.78, 5) is 4.24. The molecule has 0 saturated heterocycles. The maximum Gasteiger partial charge on any atom is 0.166 e. The van der Waals surface area contributed by atoms with Gasteiger partial charge in [-0.25, -0.2) is 4.98 Å². The Labute approximate surface area is 81.6 Å². The predicted molar refractivity (Wildman–Crippen MR) is 50.8 cm³/mol. The maximum atomic E-state index is 4.24. The van der Waals surface area contributed by atoms with Crippen molar-refractivity contribution in [2.24, 2.45) is 0 Å². The number of aromatic nitrogens is 3. The molecule has 12 heavy (non-hydrogen) atoms. The third kappa shape index (κ3) is 1.51. The molecule has 0 amide bonds. The number of pyridine rings is 1. The number of nitrogens with zero attached hydrogens (tertiary/aromatic N) is 3.